The lowest BCUT2D eigenvalue weighted by atomic mass is 9.99. The predicted molar refractivity (Wildman–Crippen MR) is 88.6 cm³/mol. The Bertz CT molecular complexity index is 774. The molecule has 134 valence electrons. The van der Waals surface area contributed by atoms with Crippen LogP contribution in [0.25, 0.3) is 5.69 Å². The first-order valence-corrected chi connectivity index (χ1v) is 8.45. The molecule has 1 fully saturated rings. The van der Waals surface area contributed by atoms with E-state index in [-0.39, 0.29) is 29.9 Å². The van der Waals surface area contributed by atoms with E-state index in [2.05, 4.69) is 5.10 Å². The third kappa shape index (κ3) is 3.56. The third-order valence-electron chi connectivity index (χ3n) is 4.59. The van der Waals surface area contributed by atoms with Gasteiger partial charge in [-0.3, -0.25) is 4.79 Å². The predicted octanol–water partition coefficient (Wildman–Crippen LogP) is 2.84. The minimum atomic E-state index is -0.735. The molecule has 0 spiro atoms. The Morgan fingerprint density at radius 1 is 1.32 bits per heavy atom. The number of hydrogen-bond acceptors (Lipinski definition) is 3. The number of aryl methyl sites for hydroxylation is 1. The van der Waals surface area contributed by atoms with Crippen LogP contribution in [0.4, 0.5) is 8.78 Å². The van der Waals surface area contributed by atoms with Gasteiger partial charge in [0.2, 0.25) is 0 Å². The fraction of sp³-hybridized carbons (Fsp3) is 0.444. The molecule has 0 saturated carbocycles. The second-order valence-electron chi connectivity index (χ2n) is 6.34. The van der Waals surface area contributed by atoms with Crippen molar-refractivity contribution in [2.45, 2.75) is 38.6 Å². The molecule has 1 atom stereocenters. The molecule has 5 nitrogen and oxygen atoms in total. The molecule has 25 heavy (non-hydrogen) atoms. The summed E-state index contributed by atoms with van der Waals surface area (Å²) < 4.78 is 28.4. The van der Waals surface area contributed by atoms with Crippen molar-refractivity contribution in [3.63, 3.8) is 0 Å². The van der Waals surface area contributed by atoms with Crippen molar-refractivity contribution in [1.29, 1.82) is 0 Å². The van der Waals surface area contributed by atoms with Crippen LogP contribution in [-0.2, 0) is 0 Å². The molecule has 7 heteroatoms. The van der Waals surface area contributed by atoms with E-state index in [4.69, 9.17) is 0 Å². The van der Waals surface area contributed by atoms with Crippen molar-refractivity contribution >= 4 is 5.91 Å². The number of carbonyl (C=O) groups is 1. The molecule has 1 amide bonds. The molecule has 2 aromatic rings. The third-order valence-corrected chi connectivity index (χ3v) is 4.59. The second-order valence-corrected chi connectivity index (χ2v) is 6.34. The van der Waals surface area contributed by atoms with E-state index in [1.807, 2.05) is 0 Å². The van der Waals surface area contributed by atoms with Crippen molar-refractivity contribution in [3.05, 3.63) is 47.3 Å². The largest absolute Gasteiger partial charge is 0.396 e. The number of aromatic nitrogens is 2. The number of likely N-dealkylation sites (tertiary alicyclic amines) is 1. The highest BCUT2D eigenvalue weighted by molar-refractivity contribution is 5.92. The van der Waals surface area contributed by atoms with E-state index >= 15 is 0 Å². The van der Waals surface area contributed by atoms with Gasteiger partial charge >= 0.3 is 0 Å². The van der Waals surface area contributed by atoms with E-state index in [1.165, 1.54) is 10.7 Å². The first-order chi connectivity index (χ1) is 12.0. The summed E-state index contributed by atoms with van der Waals surface area (Å²) in [7, 11) is 0. The summed E-state index contributed by atoms with van der Waals surface area (Å²) >= 11 is 0. The maximum Gasteiger partial charge on any atom is 0.274 e. The van der Waals surface area contributed by atoms with E-state index in [0.29, 0.717) is 18.7 Å². The number of aliphatic hydroxyl groups is 1. The lowest BCUT2D eigenvalue weighted by Crippen LogP contribution is -2.44. The van der Waals surface area contributed by atoms with Crippen molar-refractivity contribution in [1.82, 2.24) is 14.7 Å². The minimum absolute atomic E-state index is 0.000682. The second kappa shape index (κ2) is 7.31. The van der Waals surface area contributed by atoms with Gasteiger partial charge in [0.05, 0.1) is 0 Å². The zero-order valence-electron chi connectivity index (χ0n) is 14.1. The summed E-state index contributed by atoms with van der Waals surface area (Å²) in [6.45, 7) is 2.37. The van der Waals surface area contributed by atoms with Crippen LogP contribution in [0.2, 0.25) is 0 Å². The highest BCUT2D eigenvalue weighted by Gasteiger charge is 2.29. The van der Waals surface area contributed by atoms with Crippen molar-refractivity contribution in [2.24, 2.45) is 0 Å². The molecule has 1 aliphatic heterocycles. The summed E-state index contributed by atoms with van der Waals surface area (Å²) in [5.74, 6) is -1.62. The first-order valence-electron chi connectivity index (χ1n) is 8.45. The molecule has 1 aromatic heterocycles. The number of aliphatic hydroxyl groups excluding tert-OH is 1. The summed E-state index contributed by atoms with van der Waals surface area (Å²) in [5.41, 5.74) is 0.916. The molecule has 0 aliphatic carbocycles. The molecular weight excluding hydrogens is 328 g/mol. The Morgan fingerprint density at radius 3 is 2.84 bits per heavy atom. The van der Waals surface area contributed by atoms with Crippen molar-refractivity contribution in [2.75, 3.05) is 13.2 Å². The standard InChI is InChI=1S/C18H21F2N3O2/c1-12-10-16(18(25)22-8-3-2-4-14(22)7-9-24)21-23(12)17-6-5-13(19)11-15(17)20/h5-6,10-11,14,24H,2-4,7-9H2,1H3/t14-/m0/s1. The Labute approximate surface area is 144 Å². The number of nitrogens with zero attached hydrogens (tertiary/aromatic N) is 3. The number of carbonyl (C=O) groups excluding carboxylic acids is 1. The fourth-order valence-electron chi connectivity index (χ4n) is 3.34. The smallest absolute Gasteiger partial charge is 0.274 e. The lowest BCUT2D eigenvalue weighted by Gasteiger charge is -2.35. The van der Waals surface area contributed by atoms with E-state index < -0.39 is 11.6 Å². The van der Waals surface area contributed by atoms with Crippen LogP contribution >= 0.6 is 0 Å². The van der Waals surface area contributed by atoms with E-state index in [0.717, 1.165) is 31.4 Å². The van der Waals surface area contributed by atoms with Gasteiger partial charge in [0.25, 0.3) is 5.91 Å². The molecule has 1 aromatic carbocycles. The van der Waals surface area contributed by atoms with E-state index in [9.17, 15) is 18.7 Å². The Kier molecular flexibility index (Phi) is 5.13. The zero-order valence-corrected chi connectivity index (χ0v) is 14.1. The summed E-state index contributed by atoms with van der Waals surface area (Å²) in [5, 5.41) is 13.4. The van der Waals surface area contributed by atoms with E-state index in [1.54, 1.807) is 17.9 Å². The number of hydrogen-bond donors (Lipinski definition) is 1. The SMILES string of the molecule is Cc1cc(C(=O)N2CCCC[C@H]2CCO)nn1-c1ccc(F)cc1F. The van der Waals surface area contributed by atoms with Crippen LogP contribution < -0.4 is 0 Å². The Morgan fingerprint density at radius 2 is 2.12 bits per heavy atom. The lowest BCUT2D eigenvalue weighted by molar-refractivity contribution is 0.0568. The molecular formula is C18H21F2N3O2. The van der Waals surface area contributed by atoms with Gasteiger partial charge in [-0.2, -0.15) is 5.10 Å². The van der Waals surface area contributed by atoms with Crippen LogP contribution in [0.15, 0.2) is 24.3 Å². The maximum absolute atomic E-state index is 14.0. The van der Waals surface area contributed by atoms with Gasteiger partial charge in [0, 0.05) is 31.0 Å². The summed E-state index contributed by atoms with van der Waals surface area (Å²) in [6, 6.07) is 4.85. The maximum atomic E-state index is 14.0. The first kappa shape index (κ1) is 17.5. The molecule has 1 saturated heterocycles. The van der Waals surface area contributed by atoms with Gasteiger partial charge in [0.1, 0.15) is 11.5 Å². The fourth-order valence-corrected chi connectivity index (χ4v) is 3.34. The van der Waals surface area contributed by atoms with Gasteiger partial charge in [-0.15, -0.1) is 0 Å². The Balaban J connectivity index is 1.89. The molecule has 0 unspecified atom stereocenters. The summed E-state index contributed by atoms with van der Waals surface area (Å²) in [6.07, 6.45) is 3.35. The number of amides is 1. The van der Waals surface area contributed by atoms with Gasteiger partial charge in [-0.25, -0.2) is 13.5 Å². The van der Waals surface area contributed by atoms with Gasteiger partial charge < -0.3 is 10.0 Å². The molecule has 0 bridgehead atoms. The van der Waals surface area contributed by atoms with Crippen molar-refractivity contribution < 1.29 is 18.7 Å². The normalized spacial score (nSPS) is 17.8. The van der Waals surface area contributed by atoms with Crippen LogP contribution in [0.3, 0.4) is 0 Å². The highest BCUT2D eigenvalue weighted by Crippen LogP contribution is 2.23. The molecule has 1 N–H and O–H groups in total. The zero-order chi connectivity index (χ0) is 18.0. The topological polar surface area (TPSA) is 58.4 Å². The quantitative estimate of drug-likeness (QED) is 0.923. The average Bonchev–Trinajstić information content (AvgIpc) is 2.97. The van der Waals surface area contributed by atoms with Gasteiger partial charge in [-0.1, -0.05) is 0 Å². The van der Waals surface area contributed by atoms with Crippen LogP contribution in [0, 0.1) is 18.6 Å². The monoisotopic (exact) mass is 349 g/mol. The number of rotatable bonds is 4. The highest BCUT2D eigenvalue weighted by atomic mass is 19.1. The van der Waals surface area contributed by atoms with Crippen LogP contribution in [0.1, 0.15) is 41.9 Å². The number of benzene rings is 1. The van der Waals surface area contributed by atoms with Crippen molar-refractivity contribution in [3.8, 4) is 5.69 Å². The molecule has 2 heterocycles. The average molecular weight is 349 g/mol. The Hall–Kier alpha value is -2.28. The van der Waals surface area contributed by atoms with Crippen LogP contribution in [-0.4, -0.2) is 44.9 Å². The van der Waals surface area contributed by atoms with Crippen LogP contribution in [0.5, 0.6) is 0 Å². The summed E-state index contributed by atoms with van der Waals surface area (Å²) in [4.78, 5) is 14.6. The molecule has 3 rings (SSSR count). The molecule has 1 aliphatic rings. The molecule has 0 radical (unpaired) electrons. The number of piperidine rings is 1. The minimum Gasteiger partial charge on any atom is -0.396 e. The number of halogens is 2. The van der Waals surface area contributed by atoms with Gasteiger partial charge in [-0.05, 0) is 50.8 Å². The van der Waals surface area contributed by atoms with Gasteiger partial charge in [0.15, 0.2) is 11.5 Å².